The van der Waals surface area contributed by atoms with Gasteiger partial charge in [-0.25, -0.2) is 14.6 Å². The molecule has 0 bridgehead atoms. The van der Waals surface area contributed by atoms with Gasteiger partial charge in [0.2, 0.25) is 0 Å². The van der Waals surface area contributed by atoms with Crippen LogP contribution in [0.25, 0.3) is 0 Å². The van der Waals surface area contributed by atoms with Crippen molar-refractivity contribution in [2.24, 2.45) is 0 Å². The third kappa shape index (κ3) is 5.34. The molecule has 2 heterocycles. The van der Waals surface area contributed by atoms with Crippen LogP contribution in [0.5, 0.6) is 0 Å². The Kier molecular flexibility index (Phi) is 7.07. The molecule has 0 spiro atoms. The number of esters is 1. The van der Waals surface area contributed by atoms with Crippen LogP contribution in [0, 0.1) is 3.57 Å². The maximum atomic E-state index is 12.6. The van der Waals surface area contributed by atoms with E-state index in [1.54, 1.807) is 19.2 Å². The van der Waals surface area contributed by atoms with Crippen LogP contribution in [0.3, 0.4) is 0 Å². The van der Waals surface area contributed by atoms with Gasteiger partial charge in [-0.1, -0.05) is 6.07 Å². The molecule has 0 aliphatic carbocycles. The van der Waals surface area contributed by atoms with Crippen molar-refractivity contribution >= 4 is 46.1 Å². The minimum Gasteiger partial charge on any atom is -0.462 e. The minimum absolute atomic E-state index is 0.0885. The first-order valence-corrected chi connectivity index (χ1v) is 10.3. The summed E-state index contributed by atoms with van der Waals surface area (Å²) in [4.78, 5) is 32.7. The SMILES string of the molecule is CCOC(=O)c1ccc(N2CCCN(C(=O)Nc3cccc(I)c3)CC2)nc1. The van der Waals surface area contributed by atoms with Gasteiger partial charge in [0, 0.05) is 41.6 Å². The second-order valence-electron chi connectivity index (χ2n) is 6.39. The quantitative estimate of drug-likeness (QED) is 0.520. The summed E-state index contributed by atoms with van der Waals surface area (Å²) in [5.41, 5.74) is 1.24. The molecule has 1 aliphatic rings. The van der Waals surface area contributed by atoms with Gasteiger partial charge in [0.25, 0.3) is 0 Å². The predicted octanol–water partition coefficient (Wildman–Crippen LogP) is 3.61. The second kappa shape index (κ2) is 9.72. The predicted molar refractivity (Wildman–Crippen MR) is 117 cm³/mol. The zero-order valence-corrected chi connectivity index (χ0v) is 17.9. The molecular formula is C20H23IN4O3. The lowest BCUT2D eigenvalue weighted by molar-refractivity contribution is 0.0526. The normalized spacial score (nSPS) is 14.4. The number of amides is 2. The van der Waals surface area contributed by atoms with Gasteiger partial charge in [-0.15, -0.1) is 0 Å². The molecule has 1 N–H and O–H groups in total. The molecule has 28 heavy (non-hydrogen) atoms. The number of benzene rings is 1. The fraction of sp³-hybridized carbons (Fsp3) is 0.350. The van der Waals surface area contributed by atoms with Gasteiger partial charge in [-0.3, -0.25) is 0 Å². The smallest absolute Gasteiger partial charge is 0.339 e. The highest BCUT2D eigenvalue weighted by atomic mass is 127. The maximum Gasteiger partial charge on any atom is 0.339 e. The molecule has 1 saturated heterocycles. The standard InChI is InChI=1S/C20H23IN4O3/c1-2-28-19(26)15-7-8-18(22-14-15)24-9-4-10-25(12-11-24)20(27)23-17-6-3-5-16(21)13-17/h3,5-8,13-14H,2,4,9-12H2,1H3,(H,23,27). The highest BCUT2D eigenvalue weighted by Crippen LogP contribution is 2.17. The van der Waals surface area contributed by atoms with Crippen LogP contribution < -0.4 is 10.2 Å². The van der Waals surface area contributed by atoms with Crippen molar-refractivity contribution in [2.75, 3.05) is 43.0 Å². The van der Waals surface area contributed by atoms with Crippen molar-refractivity contribution in [1.82, 2.24) is 9.88 Å². The number of hydrogen-bond acceptors (Lipinski definition) is 5. The van der Waals surface area contributed by atoms with Crippen molar-refractivity contribution < 1.29 is 14.3 Å². The van der Waals surface area contributed by atoms with Crippen LogP contribution in [0.1, 0.15) is 23.7 Å². The summed E-state index contributed by atoms with van der Waals surface area (Å²) in [5.74, 6) is 0.434. The van der Waals surface area contributed by atoms with E-state index in [1.165, 1.54) is 0 Å². The van der Waals surface area contributed by atoms with Gasteiger partial charge < -0.3 is 19.9 Å². The van der Waals surface area contributed by atoms with E-state index in [0.717, 1.165) is 28.0 Å². The molecule has 1 aromatic heterocycles. The summed E-state index contributed by atoms with van der Waals surface area (Å²) in [6.07, 6.45) is 2.39. The number of carbonyl (C=O) groups excluding carboxylic acids is 2. The molecular weight excluding hydrogens is 471 g/mol. The van der Waals surface area contributed by atoms with Crippen LogP contribution in [0.4, 0.5) is 16.3 Å². The van der Waals surface area contributed by atoms with Gasteiger partial charge in [0.05, 0.1) is 12.2 Å². The molecule has 148 valence electrons. The molecule has 8 heteroatoms. The van der Waals surface area contributed by atoms with E-state index in [0.29, 0.717) is 31.8 Å². The number of nitrogens with one attached hydrogen (secondary N) is 1. The van der Waals surface area contributed by atoms with Crippen molar-refractivity contribution in [3.05, 3.63) is 51.7 Å². The number of anilines is 2. The molecule has 0 atom stereocenters. The zero-order chi connectivity index (χ0) is 19.9. The fourth-order valence-electron chi connectivity index (χ4n) is 3.03. The summed E-state index contributed by atoms with van der Waals surface area (Å²) in [6.45, 7) is 4.90. The summed E-state index contributed by atoms with van der Waals surface area (Å²) >= 11 is 2.23. The number of pyridine rings is 1. The van der Waals surface area contributed by atoms with Gasteiger partial charge >= 0.3 is 12.0 Å². The lowest BCUT2D eigenvalue weighted by Crippen LogP contribution is -2.38. The molecule has 2 amide bonds. The lowest BCUT2D eigenvalue weighted by Gasteiger charge is -2.23. The van der Waals surface area contributed by atoms with E-state index in [1.807, 2.05) is 35.2 Å². The van der Waals surface area contributed by atoms with Crippen LogP contribution in [0.15, 0.2) is 42.6 Å². The number of hydrogen-bond donors (Lipinski definition) is 1. The van der Waals surface area contributed by atoms with Crippen molar-refractivity contribution in [1.29, 1.82) is 0 Å². The van der Waals surface area contributed by atoms with Crippen molar-refractivity contribution in [3.63, 3.8) is 0 Å². The molecule has 3 rings (SSSR count). The van der Waals surface area contributed by atoms with E-state index in [-0.39, 0.29) is 12.0 Å². The molecule has 0 radical (unpaired) electrons. The molecule has 1 aromatic carbocycles. The molecule has 1 fully saturated rings. The number of aromatic nitrogens is 1. The number of carbonyl (C=O) groups is 2. The topological polar surface area (TPSA) is 74.8 Å². The second-order valence-corrected chi connectivity index (χ2v) is 7.64. The van der Waals surface area contributed by atoms with E-state index in [2.05, 4.69) is 37.8 Å². The van der Waals surface area contributed by atoms with Gasteiger partial charge in [0.1, 0.15) is 5.82 Å². The average Bonchev–Trinajstić information content (AvgIpc) is 2.95. The zero-order valence-electron chi connectivity index (χ0n) is 15.7. The van der Waals surface area contributed by atoms with E-state index >= 15 is 0 Å². The summed E-state index contributed by atoms with van der Waals surface area (Å²) in [6, 6.07) is 11.2. The Labute approximate surface area is 178 Å². The maximum absolute atomic E-state index is 12.6. The molecule has 0 unspecified atom stereocenters. The van der Waals surface area contributed by atoms with Crippen LogP contribution >= 0.6 is 22.6 Å². The summed E-state index contributed by atoms with van der Waals surface area (Å²) in [5, 5.41) is 2.96. The largest absolute Gasteiger partial charge is 0.462 e. The van der Waals surface area contributed by atoms with Gasteiger partial charge in [0.15, 0.2) is 0 Å². The Hall–Kier alpha value is -2.36. The Morgan fingerprint density at radius 2 is 2.04 bits per heavy atom. The number of halogens is 1. The monoisotopic (exact) mass is 494 g/mol. The Bertz CT molecular complexity index is 828. The highest BCUT2D eigenvalue weighted by Gasteiger charge is 2.20. The van der Waals surface area contributed by atoms with Gasteiger partial charge in [-0.05, 0) is 66.3 Å². The summed E-state index contributed by atoms with van der Waals surface area (Å²) < 4.78 is 6.06. The van der Waals surface area contributed by atoms with E-state index in [4.69, 9.17) is 4.74 Å². The average molecular weight is 494 g/mol. The van der Waals surface area contributed by atoms with E-state index < -0.39 is 0 Å². The first kappa shape index (κ1) is 20.4. The van der Waals surface area contributed by atoms with Crippen molar-refractivity contribution in [2.45, 2.75) is 13.3 Å². The van der Waals surface area contributed by atoms with Crippen LogP contribution in [0.2, 0.25) is 0 Å². The Morgan fingerprint density at radius 1 is 1.18 bits per heavy atom. The van der Waals surface area contributed by atoms with Crippen molar-refractivity contribution in [3.8, 4) is 0 Å². The van der Waals surface area contributed by atoms with E-state index in [9.17, 15) is 9.59 Å². The third-order valence-electron chi connectivity index (χ3n) is 4.44. The third-order valence-corrected chi connectivity index (χ3v) is 5.11. The number of rotatable bonds is 4. The first-order valence-electron chi connectivity index (χ1n) is 9.26. The number of ether oxygens (including phenoxy) is 1. The van der Waals surface area contributed by atoms with Gasteiger partial charge in [-0.2, -0.15) is 0 Å². The number of urea groups is 1. The highest BCUT2D eigenvalue weighted by molar-refractivity contribution is 14.1. The van der Waals surface area contributed by atoms with Crippen LogP contribution in [-0.2, 0) is 4.74 Å². The number of nitrogens with zero attached hydrogens (tertiary/aromatic N) is 3. The Balaban J connectivity index is 1.58. The molecule has 2 aromatic rings. The first-order chi connectivity index (χ1) is 13.6. The van der Waals surface area contributed by atoms with Crippen LogP contribution in [-0.4, -0.2) is 54.7 Å². The fourth-order valence-corrected chi connectivity index (χ4v) is 3.57. The molecule has 7 nitrogen and oxygen atoms in total. The summed E-state index contributed by atoms with van der Waals surface area (Å²) in [7, 11) is 0. The lowest BCUT2D eigenvalue weighted by atomic mass is 10.2. The molecule has 1 aliphatic heterocycles. The molecule has 0 saturated carbocycles. The Morgan fingerprint density at radius 3 is 2.75 bits per heavy atom. The minimum atomic E-state index is -0.365.